The van der Waals surface area contributed by atoms with Gasteiger partial charge in [0.05, 0.1) is 11.5 Å². The van der Waals surface area contributed by atoms with E-state index in [9.17, 15) is 20.3 Å². The number of rotatable bonds is 4. The van der Waals surface area contributed by atoms with Crippen LogP contribution in [0.1, 0.15) is 0 Å². The van der Waals surface area contributed by atoms with E-state index >= 15 is 0 Å². The van der Waals surface area contributed by atoms with Crippen LogP contribution in [0.3, 0.4) is 0 Å². The highest BCUT2D eigenvalue weighted by Crippen LogP contribution is 2.26. The van der Waals surface area contributed by atoms with Gasteiger partial charge in [-0.25, -0.2) is 0 Å². The normalized spacial score (nSPS) is 30.3. The maximum Gasteiger partial charge on any atom is 0.269 e. The van der Waals surface area contributed by atoms with E-state index in [0.717, 1.165) is 0 Å². The molecule has 1 aromatic carbocycles. The Morgan fingerprint density at radius 1 is 1.32 bits per heavy atom. The average molecular weight is 271 g/mol. The number of nitro benzene ring substituents is 1. The Bertz CT molecular complexity index is 449. The van der Waals surface area contributed by atoms with Crippen molar-refractivity contribution in [3.05, 3.63) is 34.4 Å². The third-order valence-electron chi connectivity index (χ3n) is 2.81. The maximum absolute atomic E-state index is 10.5. The highest BCUT2D eigenvalue weighted by molar-refractivity contribution is 5.36. The van der Waals surface area contributed by atoms with Gasteiger partial charge in [-0.15, -0.1) is 0 Å². The first-order chi connectivity index (χ1) is 9.02. The molecule has 3 N–H and O–H groups in total. The van der Waals surface area contributed by atoms with E-state index in [1.54, 1.807) is 0 Å². The van der Waals surface area contributed by atoms with Gasteiger partial charge in [0.15, 0.2) is 12.4 Å². The molecule has 1 aromatic rings. The van der Waals surface area contributed by atoms with E-state index in [1.165, 1.54) is 24.3 Å². The lowest BCUT2D eigenvalue weighted by Gasteiger charge is -2.18. The molecule has 0 radical (unpaired) electrons. The zero-order chi connectivity index (χ0) is 14.0. The molecular weight excluding hydrogens is 258 g/mol. The highest BCUT2D eigenvalue weighted by Gasteiger charge is 2.44. The lowest BCUT2D eigenvalue weighted by molar-refractivity contribution is -0.384. The molecule has 104 valence electrons. The van der Waals surface area contributed by atoms with Crippen LogP contribution in [0.5, 0.6) is 5.75 Å². The summed E-state index contributed by atoms with van der Waals surface area (Å²) in [7, 11) is 0. The Balaban J connectivity index is 2.06. The minimum Gasteiger partial charge on any atom is -0.482 e. The van der Waals surface area contributed by atoms with E-state index in [4.69, 9.17) is 14.6 Å². The van der Waals surface area contributed by atoms with E-state index in [0.29, 0.717) is 0 Å². The molecule has 1 heterocycles. The number of ether oxygens (including phenoxy) is 2. The number of aliphatic hydroxyl groups excluding tert-OH is 3. The number of non-ortho nitro benzene ring substituents is 1. The SMILES string of the molecule is O=[N+]([O-])c1ccc(O[C@@H]2[C@@H](O)[C@H](CO)O[C@H]2O)cc1. The van der Waals surface area contributed by atoms with Gasteiger partial charge in [-0.05, 0) is 12.1 Å². The second-order valence-corrected chi connectivity index (χ2v) is 4.07. The van der Waals surface area contributed by atoms with Crippen LogP contribution in [-0.4, -0.2) is 51.5 Å². The summed E-state index contributed by atoms with van der Waals surface area (Å²) in [6.07, 6.45) is -4.53. The van der Waals surface area contributed by atoms with Gasteiger partial charge in [0.1, 0.15) is 18.0 Å². The van der Waals surface area contributed by atoms with Crippen LogP contribution in [0.2, 0.25) is 0 Å². The topological polar surface area (TPSA) is 122 Å². The first-order valence-electron chi connectivity index (χ1n) is 5.56. The van der Waals surface area contributed by atoms with E-state index in [2.05, 4.69) is 0 Å². The average Bonchev–Trinajstić information content (AvgIpc) is 2.67. The van der Waals surface area contributed by atoms with Gasteiger partial charge in [-0.3, -0.25) is 10.1 Å². The number of hydrogen-bond acceptors (Lipinski definition) is 7. The minimum absolute atomic E-state index is 0.0932. The second-order valence-electron chi connectivity index (χ2n) is 4.07. The Labute approximate surface area is 108 Å². The summed E-state index contributed by atoms with van der Waals surface area (Å²) in [6.45, 7) is -0.446. The zero-order valence-corrected chi connectivity index (χ0v) is 9.75. The molecule has 1 fully saturated rings. The van der Waals surface area contributed by atoms with E-state index < -0.39 is 36.1 Å². The fourth-order valence-corrected chi connectivity index (χ4v) is 1.80. The second kappa shape index (κ2) is 5.49. The standard InChI is InChI=1S/C11H13NO7/c13-5-8-9(14)10(11(15)19-8)18-7-3-1-6(2-4-7)12(16)17/h1-4,8-11,13-15H,5H2/t8-,9-,10+,11+/m0/s1. The largest absolute Gasteiger partial charge is 0.482 e. The third kappa shape index (κ3) is 2.82. The van der Waals surface area contributed by atoms with Crippen molar-refractivity contribution in [1.29, 1.82) is 0 Å². The van der Waals surface area contributed by atoms with Crippen LogP contribution in [0.15, 0.2) is 24.3 Å². The molecule has 8 nitrogen and oxygen atoms in total. The van der Waals surface area contributed by atoms with Crippen molar-refractivity contribution >= 4 is 5.69 Å². The van der Waals surface area contributed by atoms with Gasteiger partial charge in [-0.1, -0.05) is 0 Å². The molecule has 19 heavy (non-hydrogen) atoms. The minimum atomic E-state index is -1.37. The summed E-state index contributed by atoms with van der Waals surface area (Å²) in [5, 5.41) is 38.7. The number of hydrogen-bond donors (Lipinski definition) is 3. The fourth-order valence-electron chi connectivity index (χ4n) is 1.80. The predicted molar refractivity (Wildman–Crippen MR) is 61.5 cm³/mol. The maximum atomic E-state index is 10.5. The van der Waals surface area contributed by atoms with Crippen molar-refractivity contribution in [2.24, 2.45) is 0 Å². The van der Waals surface area contributed by atoms with E-state index in [-0.39, 0.29) is 11.4 Å². The molecule has 0 unspecified atom stereocenters. The smallest absolute Gasteiger partial charge is 0.269 e. The van der Waals surface area contributed by atoms with Crippen LogP contribution in [-0.2, 0) is 4.74 Å². The van der Waals surface area contributed by atoms with Crippen molar-refractivity contribution < 1.29 is 29.7 Å². The summed E-state index contributed by atoms with van der Waals surface area (Å²) in [6, 6.07) is 5.19. The summed E-state index contributed by atoms with van der Waals surface area (Å²) in [5.41, 5.74) is -0.0932. The van der Waals surface area contributed by atoms with Crippen LogP contribution in [0.25, 0.3) is 0 Å². The van der Waals surface area contributed by atoms with Crippen LogP contribution in [0.4, 0.5) is 5.69 Å². The highest BCUT2D eigenvalue weighted by atomic mass is 16.7. The van der Waals surface area contributed by atoms with E-state index in [1.807, 2.05) is 0 Å². The van der Waals surface area contributed by atoms with Crippen molar-refractivity contribution in [2.45, 2.75) is 24.6 Å². The molecule has 0 spiro atoms. The Morgan fingerprint density at radius 3 is 2.42 bits per heavy atom. The molecule has 1 saturated heterocycles. The fraction of sp³-hybridized carbons (Fsp3) is 0.455. The molecule has 0 aliphatic carbocycles. The number of nitrogens with zero attached hydrogens (tertiary/aromatic N) is 1. The van der Waals surface area contributed by atoms with Gasteiger partial charge >= 0.3 is 0 Å². The summed E-state index contributed by atoms with van der Waals surface area (Å²) >= 11 is 0. The molecule has 0 bridgehead atoms. The quantitative estimate of drug-likeness (QED) is 0.494. The Hall–Kier alpha value is -1.74. The van der Waals surface area contributed by atoms with Gasteiger partial charge < -0.3 is 24.8 Å². The lowest BCUT2D eigenvalue weighted by Crippen LogP contribution is -2.38. The van der Waals surface area contributed by atoms with Crippen molar-refractivity contribution in [1.82, 2.24) is 0 Å². The molecule has 2 rings (SSSR count). The summed E-state index contributed by atoms with van der Waals surface area (Å²) < 4.78 is 10.2. The molecule has 0 aromatic heterocycles. The third-order valence-corrected chi connectivity index (χ3v) is 2.81. The number of benzene rings is 1. The van der Waals surface area contributed by atoms with Gasteiger partial charge in [-0.2, -0.15) is 0 Å². The lowest BCUT2D eigenvalue weighted by atomic mass is 10.1. The zero-order valence-electron chi connectivity index (χ0n) is 9.75. The molecule has 8 heteroatoms. The predicted octanol–water partition coefficient (Wildman–Crippen LogP) is -0.587. The van der Waals surface area contributed by atoms with Crippen LogP contribution >= 0.6 is 0 Å². The molecule has 1 aliphatic heterocycles. The molecular formula is C11H13NO7. The van der Waals surface area contributed by atoms with Gasteiger partial charge in [0.25, 0.3) is 5.69 Å². The summed E-state index contributed by atoms with van der Waals surface area (Å²) in [5.74, 6) is 0.246. The van der Waals surface area contributed by atoms with Crippen molar-refractivity contribution in [2.75, 3.05) is 6.61 Å². The monoisotopic (exact) mass is 271 g/mol. The first-order valence-corrected chi connectivity index (χ1v) is 5.56. The number of aliphatic hydroxyl groups is 3. The first kappa shape index (κ1) is 13.7. The van der Waals surface area contributed by atoms with Crippen molar-refractivity contribution in [3.8, 4) is 5.75 Å². The Kier molecular flexibility index (Phi) is 3.96. The number of nitro groups is 1. The Morgan fingerprint density at radius 2 is 1.95 bits per heavy atom. The van der Waals surface area contributed by atoms with Crippen molar-refractivity contribution in [3.63, 3.8) is 0 Å². The molecule has 1 aliphatic rings. The molecule has 0 saturated carbocycles. The van der Waals surface area contributed by atoms with Gasteiger partial charge in [0.2, 0.25) is 0 Å². The van der Waals surface area contributed by atoms with Crippen LogP contribution in [0, 0.1) is 10.1 Å². The molecule has 4 atom stereocenters. The summed E-state index contributed by atoms with van der Waals surface area (Å²) in [4.78, 5) is 9.93. The van der Waals surface area contributed by atoms with Gasteiger partial charge in [0, 0.05) is 12.1 Å². The van der Waals surface area contributed by atoms with Crippen LogP contribution < -0.4 is 4.74 Å². The molecule has 0 amide bonds.